The van der Waals surface area contributed by atoms with Crippen molar-refractivity contribution in [2.45, 2.75) is 12.5 Å². The summed E-state index contributed by atoms with van der Waals surface area (Å²) >= 11 is 0. The Bertz CT molecular complexity index is 1320. The number of carbonyl (C=O) groups excluding carboxylic acids is 1. The summed E-state index contributed by atoms with van der Waals surface area (Å²) in [6.07, 6.45) is 4.05. The number of nitrogens with zero attached hydrogens (tertiary/aromatic N) is 5. The lowest BCUT2D eigenvalue weighted by Crippen LogP contribution is -2.36. The number of allylic oxidation sites excluding steroid dienone is 1. The zero-order chi connectivity index (χ0) is 25.1. The van der Waals surface area contributed by atoms with E-state index in [9.17, 15) is 4.79 Å². The Hall–Kier alpha value is -4.03. The van der Waals surface area contributed by atoms with Crippen LogP contribution in [-0.4, -0.2) is 78.1 Å². The summed E-state index contributed by atoms with van der Waals surface area (Å²) in [5, 5.41) is 18.3. The Morgan fingerprint density at radius 2 is 2.25 bits per heavy atom. The van der Waals surface area contributed by atoms with E-state index >= 15 is 0 Å². The van der Waals surface area contributed by atoms with Gasteiger partial charge in [0.25, 0.3) is 11.9 Å². The van der Waals surface area contributed by atoms with Crippen molar-refractivity contribution in [2.75, 3.05) is 55.4 Å². The van der Waals surface area contributed by atoms with Gasteiger partial charge in [0.2, 0.25) is 5.65 Å². The Balaban J connectivity index is 1.50. The van der Waals surface area contributed by atoms with Crippen LogP contribution in [0, 0.1) is 5.92 Å². The molecule has 5 rings (SSSR count). The van der Waals surface area contributed by atoms with Crippen LogP contribution in [0.25, 0.3) is 16.8 Å². The summed E-state index contributed by atoms with van der Waals surface area (Å²) in [6, 6.07) is 7.46. The van der Waals surface area contributed by atoms with Crippen molar-refractivity contribution in [1.82, 2.24) is 20.3 Å². The first kappa shape index (κ1) is 23.7. The van der Waals surface area contributed by atoms with Crippen LogP contribution < -0.4 is 26.6 Å². The predicted molar refractivity (Wildman–Crippen MR) is 138 cm³/mol. The third kappa shape index (κ3) is 4.60. The van der Waals surface area contributed by atoms with E-state index in [0.29, 0.717) is 52.2 Å². The second-order valence-corrected chi connectivity index (χ2v) is 8.69. The predicted octanol–water partition coefficient (Wildman–Crippen LogP) is 1.07. The first-order valence-corrected chi connectivity index (χ1v) is 11.9. The molecule has 0 radical (unpaired) electrons. The molecule has 0 aliphatic carbocycles. The van der Waals surface area contributed by atoms with Gasteiger partial charge in [-0.1, -0.05) is 6.07 Å². The first-order chi connectivity index (χ1) is 17.6. The number of fused-ring (bicyclic) bond motifs is 2. The number of aliphatic hydroxyl groups is 1. The molecule has 12 heteroatoms. The molecule has 0 bridgehead atoms. The maximum Gasteiger partial charge on any atom is 0.297 e. The lowest BCUT2D eigenvalue weighted by atomic mass is 10.0. The number of hydrogen-bond acceptors (Lipinski definition) is 11. The fourth-order valence-electron chi connectivity index (χ4n) is 4.77. The van der Waals surface area contributed by atoms with Crippen molar-refractivity contribution in [3.05, 3.63) is 41.7 Å². The summed E-state index contributed by atoms with van der Waals surface area (Å²) in [6.45, 7) is 2.83. The summed E-state index contributed by atoms with van der Waals surface area (Å²) in [4.78, 5) is 33.4. The van der Waals surface area contributed by atoms with Gasteiger partial charge in [0.15, 0.2) is 5.58 Å². The van der Waals surface area contributed by atoms with Gasteiger partial charge in [-0.2, -0.15) is 4.98 Å². The number of anilines is 3. The quantitative estimate of drug-likeness (QED) is 0.288. The zero-order valence-electron chi connectivity index (χ0n) is 19.9. The molecule has 0 spiro atoms. The number of aromatic nitrogens is 3. The molecule has 2 atom stereocenters. The van der Waals surface area contributed by atoms with Crippen LogP contribution in [0.3, 0.4) is 0 Å². The van der Waals surface area contributed by atoms with E-state index < -0.39 is 0 Å². The second-order valence-electron chi connectivity index (χ2n) is 8.69. The van der Waals surface area contributed by atoms with Crippen molar-refractivity contribution >= 4 is 46.6 Å². The average molecular weight is 492 g/mol. The molecule has 3 aromatic rings. The number of amides is 1. The Labute approximate surface area is 207 Å². The fraction of sp³-hybridized carbons (Fsp3) is 0.375. The number of aliphatic hydroxyl groups excluding tert-OH is 1. The second kappa shape index (κ2) is 10.3. The standard InChI is InChI=1S/C24H29N9O3/c1-26-11-15(10-25)17-3-2-4-20(29-17)30-23(35)16-9-19-21(32-24(36-19)28-6-8-34)31-22(16)33-7-5-14-12-27-13-18(14)33/h2-4,9-11,14,18,27,34H,5-8,12-13,25H2,1H3,(H,28,31,32)(H,29,30,35). The summed E-state index contributed by atoms with van der Waals surface area (Å²) < 4.78 is 5.75. The van der Waals surface area contributed by atoms with Crippen LogP contribution >= 0.6 is 0 Å². The molecule has 2 saturated heterocycles. The first-order valence-electron chi connectivity index (χ1n) is 11.9. The molecule has 12 nitrogen and oxygen atoms in total. The maximum atomic E-state index is 13.6. The van der Waals surface area contributed by atoms with Gasteiger partial charge in [0, 0.05) is 63.3 Å². The molecule has 0 saturated carbocycles. The van der Waals surface area contributed by atoms with E-state index in [2.05, 4.69) is 35.8 Å². The van der Waals surface area contributed by atoms with Crippen molar-refractivity contribution in [3.8, 4) is 0 Å². The molecule has 2 aliphatic rings. The highest BCUT2D eigenvalue weighted by Gasteiger charge is 2.40. The van der Waals surface area contributed by atoms with Gasteiger partial charge in [-0.05, 0) is 24.5 Å². The highest BCUT2D eigenvalue weighted by molar-refractivity contribution is 6.10. The maximum absolute atomic E-state index is 13.6. The number of carbonyl (C=O) groups is 1. The summed E-state index contributed by atoms with van der Waals surface area (Å²) in [7, 11) is 1.65. The molecule has 1 amide bonds. The highest BCUT2D eigenvalue weighted by Crippen LogP contribution is 2.35. The van der Waals surface area contributed by atoms with E-state index in [1.165, 1.54) is 6.20 Å². The van der Waals surface area contributed by atoms with Gasteiger partial charge in [-0.3, -0.25) is 9.79 Å². The van der Waals surface area contributed by atoms with E-state index in [0.717, 1.165) is 26.1 Å². The zero-order valence-corrected chi connectivity index (χ0v) is 19.9. The lowest BCUT2D eigenvalue weighted by Gasteiger charge is -2.26. The molecule has 6 N–H and O–H groups in total. The van der Waals surface area contributed by atoms with Gasteiger partial charge in [-0.15, -0.1) is 0 Å². The largest absolute Gasteiger partial charge is 0.422 e. The van der Waals surface area contributed by atoms with Crippen LogP contribution in [0.1, 0.15) is 22.5 Å². The van der Waals surface area contributed by atoms with E-state index in [-0.39, 0.29) is 24.6 Å². The smallest absolute Gasteiger partial charge is 0.297 e. The lowest BCUT2D eigenvalue weighted by molar-refractivity contribution is 0.102. The SMILES string of the molecule is CN=CC(=CN)c1cccc(NC(=O)c2cc3oc(NCCO)nc3nc2N2CCC3CNCC32)n1. The van der Waals surface area contributed by atoms with Gasteiger partial charge in [0.05, 0.1) is 17.9 Å². The highest BCUT2D eigenvalue weighted by atomic mass is 16.4. The fourth-order valence-corrected chi connectivity index (χ4v) is 4.77. The number of nitrogens with one attached hydrogen (secondary N) is 3. The number of nitrogens with two attached hydrogens (primary N) is 1. The van der Waals surface area contributed by atoms with Crippen molar-refractivity contribution in [2.24, 2.45) is 16.6 Å². The Morgan fingerprint density at radius 3 is 3.06 bits per heavy atom. The Morgan fingerprint density at radius 1 is 1.36 bits per heavy atom. The summed E-state index contributed by atoms with van der Waals surface area (Å²) in [5.41, 5.74) is 8.08. The minimum Gasteiger partial charge on any atom is -0.422 e. The Kier molecular flexibility index (Phi) is 6.78. The molecule has 2 unspecified atom stereocenters. The number of rotatable bonds is 8. The van der Waals surface area contributed by atoms with Gasteiger partial charge in [0.1, 0.15) is 11.6 Å². The molecule has 2 fully saturated rings. The third-order valence-electron chi connectivity index (χ3n) is 6.45. The van der Waals surface area contributed by atoms with Crippen LogP contribution in [0.15, 0.2) is 39.9 Å². The molecular formula is C24H29N9O3. The van der Waals surface area contributed by atoms with Gasteiger partial charge < -0.3 is 36.1 Å². The van der Waals surface area contributed by atoms with Crippen molar-refractivity contribution in [1.29, 1.82) is 0 Å². The average Bonchev–Trinajstić information content (AvgIpc) is 3.61. The molecular weight excluding hydrogens is 462 g/mol. The van der Waals surface area contributed by atoms with Crippen molar-refractivity contribution in [3.63, 3.8) is 0 Å². The third-order valence-corrected chi connectivity index (χ3v) is 6.45. The van der Waals surface area contributed by atoms with Gasteiger partial charge >= 0.3 is 0 Å². The number of pyridine rings is 2. The van der Waals surface area contributed by atoms with E-state index in [4.69, 9.17) is 20.2 Å². The molecule has 5 heterocycles. The summed E-state index contributed by atoms with van der Waals surface area (Å²) in [5.74, 6) is 1.09. The monoisotopic (exact) mass is 491 g/mol. The number of hydrogen-bond donors (Lipinski definition) is 5. The number of oxazole rings is 1. The van der Waals surface area contributed by atoms with Crippen molar-refractivity contribution < 1.29 is 14.3 Å². The molecule has 0 aromatic carbocycles. The molecule has 3 aromatic heterocycles. The van der Waals surface area contributed by atoms with E-state index in [1.807, 2.05) is 0 Å². The van der Waals surface area contributed by atoms with Crippen LogP contribution in [0.2, 0.25) is 0 Å². The molecule has 188 valence electrons. The van der Waals surface area contributed by atoms with Crippen LogP contribution in [0.4, 0.5) is 17.7 Å². The molecule has 2 aliphatic heterocycles. The van der Waals surface area contributed by atoms with Crippen LogP contribution in [-0.2, 0) is 0 Å². The van der Waals surface area contributed by atoms with Gasteiger partial charge in [-0.25, -0.2) is 9.97 Å². The molecule has 36 heavy (non-hydrogen) atoms. The normalized spacial score (nSPS) is 19.8. The van der Waals surface area contributed by atoms with E-state index in [1.54, 1.807) is 37.5 Å². The minimum atomic E-state index is -0.359. The number of aliphatic imine (C=N–C) groups is 1. The topological polar surface area (TPSA) is 167 Å². The van der Waals surface area contributed by atoms with Crippen LogP contribution in [0.5, 0.6) is 0 Å². The minimum absolute atomic E-state index is 0.0634.